The lowest BCUT2D eigenvalue weighted by atomic mass is 9.76. The van der Waals surface area contributed by atoms with Gasteiger partial charge in [-0.25, -0.2) is 0 Å². The smallest absolute Gasteiger partial charge is 0.109 e. The largest absolute Gasteiger partial charge is 0.469 e. The summed E-state index contributed by atoms with van der Waals surface area (Å²) in [5, 5.41) is 3.66. The molecule has 1 aromatic rings. The summed E-state index contributed by atoms with van der Waals surface area (Å²) >= 11 is 0. The van der Waals surface area contributed by atoms with Gasteiger partial charge >= 0.3 is 0 Å². The van der Waals surface area contributed by atoms with Gasteiger partial charge in [-0.3, -0.25) is 0 Å². The van der Waals surface area contributed by atoms with E-state index in [0.29, 0.717) is 23.8 Å². The molecule has 1 aliphatic rings. The van der Waals surface area contributed by atoms with Crippen LogP contribution in [0.1, 0.15) is 45.1 Å². The molecule has 0 saturated heterocycles. The fourth-order valence-electron chi connectivity index (χ4n) is 3.16. The molecule has 1 atom stereocenters. The van der Waals surface area contributed by atoms with E-state index in [1.54, 1.807) is 0 Å². The molecule has 0 spiro atoms. The topological polar surface area (TPSA) is 25.2 Å². The third kappa shape index (κ3) is 2.03. The van der Waals surface area contributed by atoms with Crippen LogP contribution in [0.5, 0.6) is 0 Å². The first kappa shape index (κ1) is 11.7. The van der Waals surface area contributed by atoms with Crippen LogP contribution < -0.4 is 5.32 Å². The van der Waals surface area contributed by atoms with Crippen molar-refractivity contribution in [3.05, 3.63) is 23.7 Å². The van der Waals surface area contributed by atoms with Gasteiger partial charge in [0.2, 0.25) is 0 Å². The third-order valence-electron chi connectivity index (χ3n) is 3.76. The van der Waals surface area contributed by atoms with Gasteiger partial charge in [-0.1, -0.05) is 27.7 Å². The Kier molecular flexibility index (Phi) is 3.38. The summed E-state index contributed by atoms with van der Waals surface area (Å²) in [7, 11) is 0. The molecule has 2 heteroatoms. The van der Waals surface area contributed by atoms with Gasteiger partial charge in [-0.2, -0.15) is 0 Å². The normalized spacial score (nSPS) is 20.8. The average molecular weight is 221 g/mol. The summed E-state index contributed by atoms with van der Waals surface area (Å²) in [4.78, 5) is 0. The van der Waals surface area contributed by atoms with E-state index in [2.05, 4.69) is 39.1 Å². The van der Waals surface area contributed by atoms with Crippen molar-refractivity contribution in [2.45, 2.75) is 40.2 Å². The van der Waals surface area contributed by atoms with Crippen molar-refractivity contribution < 1.29 is 4.42 Å². The number of nitrogens with one attached hydrogen (secondary N) is 1. The van der Waals surface area contributed by atoms with Crippen LogP contribution in [0.4, 0.5) is 0 Å². The molecular weight excluding hydrogens is 198 g/mol. The Hall–Kier alpha value is -0.760. The fourth-order valence-corrected chi connectivity index (χ4v) is 3.16. The SMILES string of the molecule is CC(C)C(C(C)C)C1NCCc2occc21. The molecule has 0 fully saturated rings. The lowest BCUT2D eigenvalue weighted by molar-refractivity contribution is 0.201. The second kappa shape index (κ2) is 4.62. The van der Waals surface area contributed by atoms with Crippen LogP contribution in [0.25, 0.3) is 0 Å². The Morgan fingerprint density at radius 3 is 2.56 bits per heavy atom. The quantitative estimate of drug-likeness (QED) is 0.846. The molecule has 2 heterocycles. The lowest BCUT2D eigenvalue weighted by Gasteiger charge is -2.36. The van der Waals surface area contributed by atoms with Crippen LogP contribution in [0.15, 0.2) is 16.7 Å². The zero-order chi connectivity index (χ0) is 11.7. The van der Waals surface area contributed by atoms with Crippen LogP contribution in [0.2, 0.25) is 0 Å². The van der Waals surface area contributed by atoms with Crippen LogP contribution in [-0.4, -0.2) is 6.54 Å². The summed E-state index contributed by atoms with van der Waals surface area (Å²) in [5.41, 5.74) is 1.39. The standard InChI is InChI=1S/C14H23NO/c1-9(2)13(10(3)4)14-11-6-8-16-12(11)5-7-15-14/h6,8-10,13-15H,5,7H2,1-4H3. The van der Waals surface area contributed by atoms with Crippen LogP contribution in [0.3, 0.4) is 0 Å². The Labute approximate surface area is 98.4 Å². The second-order valence-electron chi connectivity index (χ2n) is 5.55. The van der Waals surface area contributed by atoms with Crippen LogP contribution >= 0.6 is 0 Å². The molecule has 2 rings (SSSR count). The van der Waals surface area contributed by atoms with Gasteiger partial charge in [0.1, 0.15) is 5.76 Å². The molecule has 2 nitrogen and oxygen atoms in total. The summed E-state index contributed by atoms with van der Waals surface area (Å²) < 4.78 is 5.56. The number of furan rings is 1. The minimum Gasteiger partial charge on any atom is -0.469 e. The molecule has 1 aromatic heterocycles. The molecule has 1 unspecified atom stereocenters. The van der Waals surface area contributed by atoms with Gasteiger partial charge in [0.05, 0.1) is 6.26 Å². The van der Waals surface area contributed by atoms with Crippen molar-refractivity contribution in [3.8, 4) is 0 Å². The number of rotatable bonds is 3. The van der Waals surface area contributed by atoms with E-state index in [1.165, 1.54) is 11.3 Å². The predicted molar refractivity (Wildman–Crippen MR) is 66.3 cm³/mol. The highest BCUT2D eigenvalue weighted by Crippen LogP contribution is 2.37. The van der Waals surface area contributed by atoms with E-state index in [1.807, 2.05) is 6.26 Å². The number of hydrogen-bond acceptors (Lipinski definition) is 2. The van der Waals surface area contributed by atoms with Crippen molar-refractivity contribution in [1.29, 1.82) is 0 Å². The van der Waals surface area contributed by atoms with E-state index in [9.17, 15) is 0 Å². The predicted octanol–water partition coefficient (Wildman–Crippen LogP) is 3.39. The first-order chi connectivity index (χ1) is 7.61. The molecule has 90 valence electrons. The summed E-state index contributed by atoms with van der Waals surface area (Å²) in [6, 6.07) is 2.62. The Balaban J connectivity index is 2.28. The van der Waals surface area contributed by atoms with Crippen LogP contribution in [0, 0.1) is 17.8 Å². The molecule has 0 bridgehead atoms. The monoisotopic (exact) mass is 221 g/mol. The Bertz CT molecular complexity index is 332. The highest BCUT2D eigenvalue weighted by Gasteiger charge is 2.32. The molecular formula is C14H23NO. The maximum absolute atomic E-state index is 5.56. The molecule has 0 radical (unpaired) electrons. The molecule has 1 N–H and O–H groups in total. The van der Waals surface area contributed by atoms with Crippen molar-refractivity contribution in [1.82, 2.24) is 5.32 Å². The van der Waals surface area contributed by atoms with Crippen molar-refractivity contribution in [2.75, 3.05) is 6.54 Å². The van der Waals surface area contributed by atoms with E-state index in [4.69, 9.17) is 4.42 Å². The summed E-state index contributed by atoms with van der Waals surface area (Å²) in [6.07, 6.45) is 2.87. The third-order valence-corrected chi connectivity index (χ3v) is 3.76. The first-order valence-electron chi connectivity index (χ1n) is 6.41. The highest BCUT2D eigenvalue weighted by molar-refractivity contribution is 5.25. The molecule has 0 aromatic carbocycles. The van der Waals surface area contributed by atoms with Crippen molar-refractivity contribution >= 4 is 0 Å². The lowest BCUT2D eigenvalue weighted by Crippen LogP contribution is -2.38. The van der Waals surface area contributed by atoms with E-state index in [-0.39, 0.29) is 0 Å². The van der Waals surface area contributed by atoms with Gasteiger partial charge < -0.3 is 9.73 Å². The maximum Gasteiger partial charge on any atom is 0.109 e. The van der Waals surface area contributed by atoms with Crippen LogP contribution in [-0.2, 0) is 6.42 Å². The van der Waals surface area contributed by atoms with Gasteiger partial charge in [0, 0.05) is 24.6 Å². The van der Waals surface area contributed by atoms with Gasteiger partial charge in [0.25, 0.3) is 0 Å². The zero-order valence-electron chi connectivity index (χ0n) is 10.8. The average Bonchev–Trinajstić information content (AvgIpc) is 2.65. The molecule has 1 aliphatic heterocycles. The van der Waals surface area contributed by atoms with E-state index >= 15 is 0 Å². The minimum atomic E-state index is 0.475. The highest BCUT2D eigenvalue weighted by atomic mass is 16.3. The van der Waals surface area contributed by atoms with E-state index in [0.717, 1.165) is 13.0 Å². The zero-order valence-corrected chi connectivity index (χ0v) is 10.8. The van der Waals surface area contributed by atoms with Crippen molar-refractivity contribution in [2.24, 2.45) is 17.8 Å². The minimum absolute atomic E-state index is 0.475. The van der Waals surface area contributed by atoms with Crippen molar-refractivity contribution in [3.63, 3.8) is 0 Å². The first-order valence-corrected chi connectivity index (χ1v) is 6.41. The van der Waals surface area contributed by atoms with Gasteiger partial charge in [-0.05, 0) is 23.8 Å². The van der Waals surface area contributed by atoms with Gasteiger partial charge in [0.15, 0.2) is 0 Å². The molecule has 0 aliphatic carbocycles. The summed E-state index contributed by atoms with van der Waals surface area (Å²) in [5.74, 6) is 3.25. The molecule has 0 saturated carbocycles. The van der Waals surface area contributed by atoms with Gasteiger partial charge in [-0.15, -0.1) is 0 Å². The summed E-state index contributed by atoms with van der Waals surface area (Å²) in [6.45, 7) is 10.3. The van der Waals surface area contributed by atoms with E-state index < -0.39 is 0 Å². The Morgan fingerprint density at radius 1 is 1.25 bits per heavy atom. The molecule has 16 heavy (non-hydrogen) atoms. The maximum atomic E-state index is 5.56. The number of hydrogen-bond donors (Lipinski definition) is 1. The second-order valence-corrected chi connectivity index (χ2v) is 5.55. The fraction of sp³-hybridized carbons (Fsp3) is 0.714. The molecule has 0 amide bonds. The Morgan fingerprint density at radius 2 is 1.94 bits per heavy atom. The number of fused-ring (bicyclic) bond motifs is 1.